The van der Waals surface area contributed by atoms with Gasteiger partial charge in [0.2, 0.25) is 0 Å². The van der Waals surface area contributed by atoms with Gasteiger partial charge in [-0.3, -0.25) is 0 Å². The molecule has 0 atom stereocenters. The minimum absolute atomic E-state index is 0.0822. The number of hydrogen-bond donors (Lipinski definition) is 0. The zero-order valence-electron chi connectivity index (χ0n) is 7.76. The molecule has 0 aliphatic heterocycles. The molecule has 1 aliphatic rings. The van der Waals surface area contributed by atoms with Gasteiger partial charge in [0.1, 0.15) is 11.6 Å². The average Bonchev–Trinajstić information content (AvgIpc) is 2.09. The van der Waals surface area contributed by atoms with E-state index in [9.17, 15) is 4.39 Å². The van der Waals surface area contributed by atoms with Gasteiger partial charge in [0, 0.05) is 0 Å². The van der Waals surface area contributed by atoms with Crippen molar-refractivity contribution < 1.29 is 4.39 Å². The minimum atomic E-state index is -1.08. The molecule has 0 saturated heterocycles. The smallest absolute Gasteiger partial charge is 0.136 e. The van der Waals surface area contributed by atoms with Crippen molar-refractivity contribution in [2.45, 2.75) is 38.3 Å². The molecule has 0 aromatic carbocycles. The van der Waals surface area contributed by atoms with Crippen LogP contribution < -0.4 is 0 Å². The van der Waals surface area contributed by atoms with Crippen LogP contribution in [-0.4, -0.2) is 5.67 Å². The van der Waals surface area contributed by atoms with E-state index in [4.69, 9.17) is 10.5 Å². The molecule has 0 radical (unpaired) electrons. The summed E-state index contributed by atoms with van der Waals surface area (Å²) in [5.41, 5.74) is -1.08. The van der Waals surface area contributed by atoms with Crippen molar-refractivity contribution in [2.75, 3.05) is 0 Å². The summed E-state index contributed by atoms with van der Waals surface area (Å²) in [6.07, 6.45) is 2.30. The summed E-state index contributed by atoms with van der Waals surface area (Å²) < 4.78 is 13.3. The fourth-order valence-corrected chi connectivity index (χ4v) is 1.82. The maximum absolute atomic E-state index is 13.3. The van der Waals surface area contributed by atoms with E-state index in [2.05, 4.69) is 0 Å². The molecule has 0 aromatic rings. The Morgan fingerprint density at radius 2 is 1.77 bits per heavy atom. The molecule has 0 aromatic heterocycles. The zero-order valence-corrected chi connectivity index (χ0v) is 7.76. The summed E-state index contributed by atoms with van der Waals surface area (Å²) in [4.78, 5) is 0. The van der Waals surface area contributed by atoms with Gasteiger partial charge in [-0.2, -0.15) is 10.5 Å². The van der Waals surface area contributed by atoms with E-state index in [1.807, 2.05) is 12.1 Å². The van der Waals surface area contributed by atoms with Gasteiger partial charge in [0.15, 0.2) is 0 Å². The third-order valence-corrected chi connectivity index (χ3v) is 2.82. The first kappa shape index (κ1) is 9.99. The Morgan fingerprint density at radius 1 is 1.31 bits per heavy atom. The van der Waals surface area contributed by atoms with E-state index in [1.54, 1.807) is 6.92 Å². The van der Waals surface area contributed by atoms with E-state index >= 15 is 0 Å². The predicted octanol–water partition coefficient (Wildman–Crippen LogP) is 2.57. The lowest BCUT2D eigenvalue weighted by molar-refractivity contribution is 0.0977. The molecule has 1 rings (SSSR count). The Morgan fingerprint density at radius 3 is 2.15 bits per heavy atom. The number of rotatable bonds is 1. The molecule has 70 valence electrons. The molecule has 0 spiro atoms. The number of halogens is 1. The number of nitrogens with zero attached hydrogens (tertiary/aromatic N) is 2. The Bertz CT molecular complexity index is 235. The summed E-state index contributed by atoms with van der Waals surface area (Å²) in [5, 5.41) is 17.3. The molecule has 1 fully saturated rings. The van der Waals surface area contributed by atoms with Crippen molar-refractivity contribution in [1.29, 1.82) is 10.5 Å². The van der Waals surface area contributed by atoms with Crippen LogP contribution in [0.25, 0.3) is 0 Å². The molecule has 0 bridgehead atoms. The van der Waals surface area contributed by atoms with E-state index < -0.39 is 11.6 Å². The van der Waals surface area contributed by atoms with Crippen molar-refractivity contribution >= 4 is 0 Å². The van der Waals surface area contributed by atoms with Gasteiger partial charge in [-0.25, -0.2) is 4.39 Å². The molecule has 0 unspecified atom stereocenters. The molecule has 1 saturated carbocycles. The highest BCUT2D eigenvalue weighted by Crippen LogP contribution is 2.37. The second-order valence-electron chi connectivity index (χ2n) is 3.99. The van der Waals surface area contributed by atoms with Crippen molar-refractivity contribution in [1.82, 2.24) is 0 Å². The van der Waals surface area contributed by atoms with Crippen LogP contribution in [-0.2, 0) is 0 Å². The van der Waals surface area contributed by atoms with Crippen molar-refractivity contribution in [2.24, 2.45) is 11.8 Å². The second-order valence-corrected chi connectivity index (χ2v) is 3.99. The highest BCUT2D eigenvalue weighted by atomic mass is 19.1. The fourth-order valence-electron chi connectivity index (χ4n) is 1.82. The minimum Gasteiger partial charge on any atom is -0.244 e. The lowest BCUT2D eigenvalue weighted by atomic mass is 9.76. The van der Waals surface area contributed by atoms with E-state index in [1.165, 1.54) is 0 Å². The molecule has 0 amide bonds. The van der Waals surface area contributed by atoms with Crippen LogP contribution in [0.2, 0.25) is 0 Å². The topological polar surface area (TPSA) is 47.6 Å². The Hall–Kier alpha value is -1.09. The first-order valence-electron chi connectivity index (χ1n) is 4.57. The lowest BCUT2D eigenvalue weighted by Gasteiger charge is -2.31. The number of alkyl halides is 1. The Labute approximate surface area is 78.0 Å². The summed E-state index contributed by atoms with van der Waals surface area (Å²) in [5.74, 6) is -0.463. The molecule has 13 heavy (non-hydrogen) atoms. The fraction of sp³-hybridized carbons (Fsp3) is 0.800. The average molecular weight is 180 g/mol. The SMILES string of the molecule is CC1(F)CCC(C(C#N)C#N)CC1. The largest absolute Gasteiger partial charge is 0.244 e. The summed E-state index contributed by atoms with van der Waals surface area (Å²) in [6.45, 7) is 1.59. The Kier molecular flexibility index (Phi) is 2.88. The number of nitriles is 2. The number of hydrogen-bond acceptors (Lipinski definition) is 2. The van der Waals surface area contributed by atoms with Crippen molar-refractivity contribution in [3.05, 3.63) is 0 Å². The van der Waals surface area contributed by atoms with Crippen LogP contribution in [0.3, 0.4) is 0 Å². The molecular weight excluding hydrogens is 167 g/mol. The van der Waals surface area contributed by atoms with Gasteiger partial charge < -0.3 is 0 Å². The zero-order chi connectivity index (χ0) is 9.90. The van der Waals surface area contributed by atoms with E-state index in [0.29, 0.717) is 25.7 Å². The van der Waals surface area contributed by atoms with Gasteiger partial charge in [-0.1, -0.05) is 0 Å². The third-order valence-electron chi connectivity index (χ3n) is 2.82. The van der Waals surface area contributed by atoms with Crippen LogP contribution in [0.15, 0.2) is 0 Å². The first-order valence-corrected chi connectivity index (χ1v) is 4.57. The Balaban J connectivity index is 2.52. The third kappa shape index (κ3) is 2.42. The van der Waals surface area contributed by atoms with Crippen LogP contribution in [0.5, 0.6) is 0 Å². The van der Waals surface area contributed by atoms with Gasteiger partial charge in [-0.15, -0.1) is 0 Å². The summed E-state index contributed by atoms with van der Waals surface area (Å²) >= 11 is 0. The standard InChI is InChI=1S/C10H13FN2/c1-10(11)4-2-8(3-5-10)9(6-12)7-13/h8-9H,2-5H2,1H3. The van der Waals surface area contributed by atoms with Gasteiger partial charge in [0.25, 0.3) is 0 Å². The van der Waals surface area contributed by atoms with Crippen LogP contribution >= 0.6 is 0 Å². The molecule has 3 heteroatoms. The molecule has 2 nitrogen and oxygen atoms in total. The first-order chi connectivity index (χ1) is 6.09. The summed E-state index contributed by atoms with van der Waals surface area (Å²) in [7, 11) is 0. The van der Waals surface area contributed by atoms with E-state index in [-0.39, 0.29) is 5.92 Å². The van der Waals surface area contributed by atoms with Crippen molar-refractivity contribution in [3.63, 3.8) is 0 Å². The van der Waals surface area contributed by atoms with Gasteiger partial charge in [0.05, 0.1) is 12.1 Å². The van der Waals surface area contributed by atoms with E-state index in [0.717, 1.165) is 0 Å². The van der Waals surface area contributed by atoms with Crippen LogP contribution in [0.1, 0.15) is 32.6 Å². The monoisotopic (exact) mass is 180 g/mol. The van der Waals surface area contributed by atoms with Gasteiger partial charge >= 0.3 is 0 Å². The highest BCUT2D eigenvalue weighted by molar-refractivity contribution is 5.04. The normalized spacial score (nSPS) is 33.8. The molecule has 1 aliphatic carbocycles. The maximum atomic E-state index is 13.3. The van der Waals surface area contributed by atoms with Crippen molar-refractivity contribution in [3.8, 4) is 12.1 Å². The second kappa shape index (κ2) is 3.75. The molecule has 0 heterocycles. The summed E-state index contributed by atoms with van der Waals surface area (Å²) in [6, 6.07) is 3.93. The highest BCUT2D eigenvalue weighted by Gasteiger charge is 2.34. The molecule has 0 N–H and O–H groups in total. The quantitative estimate of drug-likeness (QED) is 0.622. The lowest BCUT2D eigenvalue weighted by Crippen LogP contribution is -2.28. The molecular formula is C10H13FN2. The predicted molar refractivity (Wildman–Crippen MR) is 46.2 cm³/mol. The maximum Gasteiger partial charge on any atom is 0.136 e. The van der Waals surface area contributed by atoms with Gasteiger partial charge in [-0.05, 0) is 38.5 Å². The van der Waals surface area contributed by atoms with Crippen LogP contribution in [0, 0.1) is 34.5 Å². The van der Waals surface area contributed by atoms with Crippen LogP contribution in [0.4, 0.5) is 4.39 Å².